The van der Waals surface area contributed by atoms with Gasteiger partial charge in [0, 0.05) is 19.5 Å². The molecule has 0 spiro atoms. The fourth-order valence-corrected chi connectivity index (χ4v) is 2.63. The molecular weight excluding hydrogens is 238 g/mol. The Morgan fingerprint density at radius 2 is 1.62 bits per heavy atom. The fraction of sp³-hybridized carbons (Fsp3) is 0.875. The molecule has 0 bridgehead atoms. The van der Waals surface area contributed by atoms with Gasteiger partial charge in [-0.05, 0) is 6.42 Å². The van der Waals surface area contributed by atoms with Crippen molar-refractivity contribution in [3.63, 3.8) is 0 Å². The summed E-state index contributed by atoms with van der Waals surface area (Å²) in [5.74, 6) is -1.34. The van der Waals surface area contributed by atoms with Crippen molar-refractivity contribution in [3.8, 4) is 0 Å². The molecule has 7 nitrogen and oxygen atoms in total. The van der Waals surface area contributed by atoms with Crippen molar-refractivity contribution in [1.29, 1.82) is 0 Å². The van der Waals surface area contributed by atoms with E-state index in [0.717, 1.165) is 4.31 Å². The maximum absolute atomic E-state index is 11.6. The van der Waals surface area contributed by atoms with Gasteiger partial charge in [0.15, 0.2) is 0 Å². The summed E-state index contributed by atoms with van der Waals surface area (Å²) in [4.78, 5) is 10.2. The molecule has 0 rings (SSSR count). The van der Waals surface area contributed by atoms with Gasteiger partial charge in [-0.1, -0.05) is 0 Å². The van der Waals surface area contributed by atoms with Gasteiger partial charge in [-0.15, -0.1) is 0 Å². The summed E-state index contributed by atoms with van der Waals surface area (Å²) in [5, 5.41) is 25.7. The average molecular weight is 255 g/mol. The van der Waals surface area contributed by atoms with Gasteiger partial charge in [-0.25, -0.2) is 8.42 Å². The third-order valence-electron chi connectivity index (χ3n) is 1.89. The minimum Gasteiger partial charge on any atom is -0.481 e. The highest BCUT2D eigenvalue weighted by atomic mass is 32.2. The lowest BCUT2D eigenvalue weighted by molar-refractivity contribution is -0.137. The smallest absolute Gasteiger partial charge is 0.303 e. The largest absolute Gasteiger partial charge is 0.481 e. The third kappa shape index (κ3) is 6.01. The average Bonchev–Trinajstić information content (AvgIpc) is 2.16. The second-order valence-corrected chi connectivity index (χ2v) is 5.25. The van der Waals surface area contributed by atoms with Crippen LogP contribution in [0.2, 0.25) is 0 Å². The maximum Gasteiger partial charge on any atom is 0.303 e. The van der Waals surface area contributed by atoms with Crippen LogP contribution in [0.4, 0.5) is 0 Å². The van der Waals surface area contributed by atoms with Crippen LogP contribution in [0.1, 0.15) is 12.8 Å². The predicted molar refractivity (Wildman–Crippen MR) is 56.4 cm³/mol. The molecule has 0 aliphatic heterocycles. The van der Waals surface area contributed by atoms with Gasteiger partial charge in [-0.2, -0.15) is 4.31 Å². The number of aliphatic hydroxyl groups excluding tert-OH is 2. The quantitative estimate of drug-likeness (QED) is 0.460. The lowest BCUT2D eigenvalue weighted by Gasteiger charge is -2.19. The van der Waals surface area contributed by atoms with Crippen molar-refractivity contribution in [2.45, 2.75) is 12.8 Å². The molecule has 8 heteroatoms. The number of nitrogens with zero attached hydrogens (tertiary/aromatic N) is 1. The summed E-state index contributed by atoms with van der Waals surface area (Å²) in [7, 11) is -3.59. The summed E-state index contributed by atoms with van der Waals surface area (Å²) >= 11 is 0. The summed E-state index contributed by atoms with van der Waals surface area (Å²) in [6.07, 6.45) is -0.198. The topological polar surface area (TPSA) is 115 Å². The fourth-order valence-electron chi connectivity index (χ4n) is 1.15. The van der Waals surface area contributed by atoms with E-state index < -0.39 is 16.0 Å². The van der Waals surface area contributed by atoms with Gasteiger partial charge < -0.3 is 15.3 Å². The first-order valence-electron chi connectivity index (χ1n) is 4.85. The first kappa shape index (κ1) is 15.3. The monoisotopic (exact) mass is 255 g/mol. The predicted octanol–water partition coefficient (Wildman–Crippen LogP) is -1.53. The second-order valence-electron chi connectivity index (χ2n) is 3.16. The summed E-state index contributed by atoms with van der Waals surface area (Å²) < 4.78 is 24.2. The van der Waals surface area contributed by atoms with Crippen molar-refractivity contribution >= 4 is 16.0 Å². The van der Waals surface area contributed by atoms with Crippen LogP contribution in [0.3, 0.4) is 0 Å². The molecule has 0 aliphatic carbocycles. The summed E-state index contributed by atoms with van der Waals surface area (Å²) in [6.45, 7) is -0.845. The molecule has 16 heavy (non-hydrogen) atoms. The number of hydrogen-bond acceptors (Lipinski definition) is 5. The van der Waals surface area contributed by atoms with Crippen LogP contribution in [0.25, 0.3) is 0 Å². The molecular formula is C8H17NO6S. The van der Waals surface area contributed by atoms with Crippen LogP contribution in [0, 0.1) is 0 Å². The van der Waals surface area contributed by atoms with E-state index in [9.17, 15) is 13.2 Å². The van der Waals surface area contributed by atoms with Crippen LogP contribution >= 0.6 is 0 Å². The van der Waals surface area contributed by atoms with Crippen LogP contribution in [-0.2, 0) is 14.8 Å². The van der Waals surface area contributed by atoms with Crippen LogP contribution in [0.15, 0.2) is 0 Å². The number of carboxylic acid groups (broad SMARTS) is 1. The molecule has 0 saturated heterocycles. The first-order valence-corrected chi connectivity index (χ1v) is 6.46. The molecule has 0 aromatic rings. The molecule has 0 amide bonds. The van der Waals surface area contributed by atoms with E-state index in [1.165, 1.54) is 0 Å². The van der Waals surface area contributed by atoms with Crippen LogP contribution in [0.5, 0.6) is 0 Å². The van der Waals surface area contributed by atoms with E-state index in [1.54, 1.807) is 0 Å². The molecule has 0 aliphatic rings. The molecule has 0 saturated carbocycles. The second kappa shape index (κ2) is 7.55. The Balaban J connectivity index is 4.29. The Labute approximate surface area is 94.4 Å². The number of aliphatic carboxylic acids is 1. The standard InChI is InChI=1S/C8H17NO6S/c10-5-3-9(4-6-11)16(14,15)7-1-2-8(12)13/h10-11H,1-7H2,(H,12,13). The molecule has 3 N–H and O–H groups in total. The van der Waals surface area contributed by atoms with E-state index in [2.05, 4.69) is 0 Å². The van der Waals surface area contributed by atoms with Gasteiger partial charge >= 0.3 is 5.97 Å². The molecule has 0 atom stereocenters. The Kier molecular flexibility index (Phi) is 7.22. The highest BCUT2D eigenvalue weighted by Gasteiger charge is 2.20. The third-order valence-corrected chi connectivity index (χ3v) is 3.84. The highest BCUT2D eigenvalue weighted by molar-refractivity contribution is 7.89. The maximum atomic E-state index is 11.6. The van der Waals surface area contributed by atoms with Gasteiger partial charge in [0.25, 0.3) is 0 Å². The summed E-state index contributed by atoms with van der Waals surface area (Å²) in [6, 6.07) is 0. The molecule has 0 aromatic carbocycles. The van der Waals surface area contributed by atoms with E-state index in [4.69, 9.17) is 15.3 Å². The zero-order valence-electron chi connectivity index (χ0n) is 8.87. The van der Waals surface area contributed by atoms with Gasteiger partial charge in [-0.3, -0.25) is 4.79 Å². The lowest BCUT2D eigenvalue weighted by atomic mass is 10.3. The molecule has 0 heterocycles. The van der Waals surface area contributed by atoms with E-state index in [0.29, 0.717) is 0 Å². The molecule has 0 fully saturated rings. The molecule has 96 valence electrons. The molecule has 0 unspecified atom stereocenters. The van der Waals surface area contributed by atoms with E-state index >= 15 is 0 Å². The molecule has 0 aromatic heterocycles. The number of aliphatic hydroxyl groups is 2. The van der Waals surface area contributed by atoms with E-state index in [1.807, 2.05) is 0 Å². The minimum absolute atomic E-state index is 0.0189. The van der Waals surface area contributed by atoms with Gasteiger partial charge in [0.2, 0.25) is 10.0 Å². The van der Waals surface area contributed by atoms with Crippen molar-refractivity contribution in [2.24, 2.45) is 0 Å². The minimum atomic E-state index is -3.59. The Morgan fingerprint density at radius 1 is 1.12 bits per heavy atom. The van der Waals surface area contributed by atoms with Crippen molar-refractivity contribution in [3.05, 3.63) is 0 Å². The zero-order chi connectivity index (χ0) is 12.6. The van der Waals surface area contributed by atoms with Crippen molar-refractivity contribution in [1.82, 2.24) is 4.31 Å². The normalized spacial score (nSPS) is 11.9. The van der Waals surface area contributed by atoms with Crippen molar-refractivity contribution in [2.75, 3.05) is 32.1 Å². The van der Waals surface area contributed by atoms with Gasteiger partial charge in [0.05, 0.1) is 19.0 Å². The number of rotatable bonds is 9. The van der Waals surface area contributed by atoms with Crippen molar-refractivity contribution < 1.29 is 28.5 Å². The van der Waals surface area contributed by atoms with Crippen LogP contribution in [-0.4, -0.2) is 66.1 Å². The van der Waals surface area contributed by atoms with E-state index in [-0.39, 0.29) is 44.9 Å². The number of hydrogen-bond donors (Lipinski definition) is 3. The first-order chi connectivity index (χ1) is 7.44. The lowest BCUT2D eigenvalue weighted by Crippen LogP contribution is -2.37. The SMILES string of the molecule is O=C(O)CCCS(=O)(=O)N(CCO)CCO. The highest BCUT2D eigenvalue weighted by Crippen LogP contribution is 2.04. The van der Waals surface area contributed by atoms with Crippen LogP contribution < -0.4 is 0 Å². The van der Waals surface area contributed by atoms with Gasteiger partial charge in [0.1, 0.15) is 0 Å². The zero-order valence-corrected chi connectivity index (χ0v) is 9.69. The Bertz CT molecular complexity index is 296. The number of sulfonamides is 1. The number of carboxylic acids is 1. The molecule has 0 radical (unpaired) electrons. The Hall–Kier alpha value is -0.700. The Morgan fingerprint density at radius 3 is 2.00 bits per heavy atom. The number of carbonyl (C=O) groups is 1. The summed E-state index contributed by atoms with van der Waals surface area (Å²) in [5.41, 5.74) is 0.